The predicted octanol–water partition coefficient (Wildman–Crippen LogP) is 6.65. The van der Waals surface area contributed by atoms with Crippen LogP contribution in [0.1, 0.15) is 18.0 Å². The van der Waals surface area contributed by atoms with Crippen molar-refractivity contribution in [1.82, 2.24) is 0 Å². The van der Waals surface area contributed by atoms with Crippen LogP contribution < -0.4 is 15.2 Å². The van der Waals surface area contributed by atoms with Crippen molar-refractivity contribution in [3.8, 4) is 23.0 Å². The number of nitrogens with two attached hydrogens (primary N) is 1. The van der Waals surface area contributed by atoms with Crippen LogP contribution in [0.2, 0.25) is 0 Å². The summed E-state index contributed by atoms with van der Waals surface area (Å²) in [4.78, 5) is 0. The normalized spacial score (nSPS) is 12.0. The van der Waals surface area contributed by atoms with Gasteiger partial charge < -0.3 is 15.2 Å². The molecule has 0 aliphatic carbocycles. The summed E-state index contributed by atoms with van der Waals surface area (Å²) in [5, 5.41) is 0. The zero-order valence-electron chi connectivity index (χ0n) is 14.7. The molecule has 0 radical (unpaired) electrons. The third-order valence-corrected chi connectivity index (χ3v) is 3.79. The molecule has 3 aromatic carbocycles. The molecule has 148 valence electrons. The number of hydrogen-bond acceptors (Lipinski definition) is 3. The lowest BCUT2D eigenvalue weighted by Gasteiger charge is -2.18. The van der Waals surface area contributed by atoms with Gasteiger partial charge in [0.15, 0.2) is 11.5 Å². The van der Waals surface area contributed by atoms with Crippen molar-refractivity contribution in [1.29, 1.82) is 0 Å². The van der Waals surface area contributed by atoms with Crippen LogP contribution in [0.25, 0.3) is 0 Å². The molecule has 0 unspecified atom stereocenters. The highest BCUT2D eigenvalue weighted by Crippen LogP contribution is 2.38. The molecule has 0 aliphatic heterocycles. The Bertz CT molecular complexity index is 874. The van der Waals surface area contributed by atoms with E-state index in [-0.39, 0.29) is 12.4 Å². The molecule has 0 amide bonds. The Hall–Kier alpha value is -2.70. The molecule has 0 aliphatic rings. The fraction of sp³-hybridized carbons (Fsp3) is 0.143. The second-order valence-corrected chi connectivity index (χ2v) is 5.96. The topological polar surface area (TPSA) is 44.5 Å². The molecule has 7 heteroatoms. The van der Waals surface area contributed by atoms with Crippen molar-refractivity contribution < 1.29 is 22.6 Å². The second-order valence-electron chi connectivity index (χ2n) is 5.96. The molecule has 0 bridgehead atoms. The molecule has 0 heterocycles. The number of hydrogen-bond donors (Lipinski definition) is 1. The second kappa shape index (κ2) is 9.48. The van der Waals surface area contributed by atoms with Gasteiger partial charge in [0.2, 0.25) is 0 Å². The van der Waals surface area contributed by atoms with Gasteiger partial charge in [0.25, 0.3) is 0 Å². The van der Waals surface area contributed by atoms with E-state index >= 15 is 0 Å². The summed E-state index contributed by atoms with van der Waals surface area (Å²) in [5.41, 5.74) is 6.05. The Morgan fingerprint density at radius 1 is 0.750 bits per heavy atom. The van der Waals surface area contributed by atoms with E-state index in [1.807, 2.05) is 24.3 Å². The summed E-state index contributed by atoms with van der Waals surface area (Å²) < 4.78 is 49.7. The van der Waals surface area contributed by atoms with E-state index in [9.17, 15) is 13.2 Å². The van der Waals surface area contributed by atoms with Crippen LogP contribution in [0.3, 0.4) is 0 Å². The maximum Gasteiger partial charge on any atom is 0.390 e. The van der Waals surface area contributed by atoms with E-state index in [1.165, 1.54) is 12.1 Å². The minimum atomic E-state index is -4.35. The maximum absolute atomic E-state index is 12.7. The summed E-state index contributed by atoms with van der Waals surface area (Å²) >= 11 is 0. The van der Waals surface area contributed by atoms with E-state index in [1.54, 1.807) is 42.5 Å². The van der Waals surface area contributed by atoms with Crippen LogP contribution in [0, 0.1) is 0 Å². The van der Waals surface area contributed by atoms with Crippen molar-refractivity contribution in [2.75, 3.05) is 0 Å². The van der Waals surface area contributed by atoms with Crippen molar-refractivity contribution in [3.05, 3.63) is 84.4 Å². The van der Waals surface area contributed by atoms with Gasteiger partial charge >= 0.3 is 6.18 Å². The summed E-state index contributed by atoms with van der Waals surface area (Å²) in [6.45, 7) is 0. The number of halogens is 4. The summed E-state index contributed by atoms with van der Waals surface area (Å²) in [5.74, 6) is 1.80. The van der Waals surface area contributed by atoms with Gasteiger partial charge in [-0.15, -0.1) is 12.4 Å². The lowest BCUT2D eigenvalue weighted by atomic mass is 10.0. The number of rotatable bonds is 6. The smallest absolute Gasteiger partial charge is 0.390 e. The van der Waals surface area contributed by atoms with Crippen molar-refractivity contribution in [2.24, 2.45) is 5.73 Å². The third kappa shape index (κ3) is 6.18. The Balaban J connectivity index is 0.00000280. The first kappa shape index (κ1) is 21.6. The number of ether oxygens (including phenoxy) is 2. The zero-order chi connectivity index (χ0) is 19.3. The molecule has 3 nitrogen and oxygen atoms in total. The molecule has 0 saturated carbocycles. The zero-order valence-corrected chi connectivity index (χ0v) is 15.5. The predicted molar refractivity (Wildman–Crippen MR) is 104 cm³/mol. The molecule has 28 heavy (non-hydrogen) atoms. The standard InChI is InChI=1S/C21H18F3NO2.ClH/c22-21(23,24)14-18(25)15-11-12-19(26-16-7-3-1-4-8-16)20(13-15)27-17-9-5-2-6-10-17;/h1-13,18H,14,25H2;1H/t18-;/m1./s1. The number of benzene rings is 3. The van der Waals surface area contributed by atoms with Crippen LogP contribution in [0.15, 0.2) is 78.9 Å². The van der Waals surface area contributed by atoms with Gasteiger partial charge in [0, 0.05) is 6.04 Å². The van der Waals surface area contributed by atoms with Crippen molar-refractivity contribution in [2.45, 2.75) is 18.6 Å². The Morgan fingerprint density at radius 3 is 1.75 bits per heavy atom. The fourth-order valence-corrected chi connectivity index (χ4v) is 2.52. The lowest BCUT2D eigenvalue weighted by molar-refractivity contribution is -0.138. The highest BCUT2D eigenvalue weighted by molar-refractivity contribution is 5.85. The third-order valence-electron chi connectivity index (χ3n) is 3.79. The summed E-state index contributed by atoms with van der Waals surface area (Å²) in [6.07, 6.45) is -5.46. The molecular weight excluding hydrogens is 391 g/mol. The molecule has 3 rings (SSSR count). The van der Waals surface area contributed by atoms with Crippen LogP contribution in [0.5, 0.6) is 23.0 Å². The molecule has 0 fully saturated rings. The Morgan fingerprint density at radius 2 is 1.25 bits per heavy atom. The van der Waals surface area contributed by atoms with E-state index in [4.69, 9.17) is 15.2 Å². The Labute approximate surface area is 167 Å². The average Bonchev–Trinajstić information content (AvgIpc) is 2.63. The average molecular weight is 410 g/mol. The van der Waals surface area contributed by atoms with Gasteiger partial charge in [-0.3, -0.25) is 0 Å². The molecule has 1 atom stereocenters. The first-order valence-electron chi connectivity index (χ1n) is 8.33. The SMILES string of the molecule is Cl.N[C@H](CC(F)(F)F)c1ccc(Oc2ccccc2)c(Oc2ccccc2)c1. The van der Waals surface area contributed by atoms with Gasteiger partial charge in [-0.25, -0.2) is 0 Å². The van der Waals surface area contributed by atoms with Crippen molar-refractivity contribution in [3.63, 3.8) is 0 Å². The highest BCUT2D eigenvalue weighted by Gasteiger charge is 2.31. The molecule has 3 aromatic rings. The monoisotopic (exact) mass is 409 g/mol. The number of para-hydroxylation sites is 2. The van der Waals surface area contributed by atoms with Gasteiger partial charge in [0.05, 0.1) is 6.42 Å². The summed E-state index contributed by atoms with van der Waals surface area (Å²) in [7, 11) is 0. The van der Waals surface area contributed by atoms with E-state index in [0.29, 0.717) is 28.6 Å². The van der Waals surface area contributed by atoms with E-state index in [0.717, 1.165) is 0 Å². The highest BCUT2D eigenvalue weighted by atomic mass is 35.5. The molecule has 0 saturated heterocycles. The minimum Gasteiger partial charge on any atom is -0.453 e. The van der Waals surface area contributed by atoms with Crippen LogP contribution >= 0.6 is 12.4 Å². The first-order valence-corrected chi connectivity index (χ1v) is 8.33. The summed E-state index contributed by atoms with van der Waals surface area (Å²) in [6, 6.07) is 21.4. The van der Waals surface area contributed by atoms with E-state index in [2.05, 4.69) is 0 Å². The van der Waals surface area contributed by atoms with Gasteiger partial charge in [-0.2, -0.15) is 13.2 Å². The largest absolute Gasteiger partial charge is 0.453 e. The molecule has 2 N–H and O–H groups in total. The van der Waals surface area contributed by atoms with Crippen LogP contribution in [-0.4, -0.2) is 6.18 Å². The maximum atomic E-state index is 12.7. The van der Waals surface area contributed by atoms with Crippen molar-refractivity contribution >= 4 is 12.4 Å². The number of alkyl halides is 3. The first-order chi connectivity index (χ1) is 12.9. The van der Waals surface area contributed by atoms with Gasteiger partial charge in [-0.1, -0.05) is 42.5 Å². The van der Waals surface area contributed by atoms with Crippen LogP contribution in [-0.2, 0) is 0 Å². The molecule has 0 aromatic heterocycles. The quantitative estimate of drug-likeness (QED) is 0.496. The van der Waals surface area contributed by atoms with E-state index < -0.39 is 18.6 Å². The lowest BCUT2D eigenvalue weighted by Crippen LogP contribution is -2.20. The molecular formula is C21H19ClF3NO2. The van der Waals surface area contributed by atoms with Gasteiger partial charge in [0.1, 0.15) is 11.5 Å². The van der Waals surface area contributed by atoms with Crippen LogP contribution in [0.4, 0.5) is 13.2 Å². The molecule has 0 spiro atoms. The minimum absolute atomic E-state index is 0. The fourth-order valence-electron chi connectivity index (χ4n) is 2.52. The van der Waals surface area contributed by atoms with Gasteiger partial charge in [-0.05, 0) is 42.0 Å². The Kier molecular flexibility index (Phi) is 7.31.